The van der Waals surface area contributed by atoms with Crippen LogP contribution in [0.25, 0.3) is 16.7 Å². The monoisotopic (exact) mass is 862 g/mol. The van der Waals surface area contributed by atoms with Gasteiger partial charge in [-0.15, -0.1) is 0 Å². The Hall–Kier alpha value is -5.35. The first-order valence-corrected chi connectivity index (χ1v) is 22.5. The first-order chi connectivity index (χ1) is 30.7. The molecule has 3 N–H and O–H groups in total. The number of rotatable bonds is 21. The molecule has 15 nitrogen and oxygen atoms in total. The number of carbonyl (C=O) groups excluding carboxylic acids is 2. The molecule has 336 valence electrons. The minimum Gasteiger partial charge on any atom is -0.494 e. The number of fused-ring (bicyclic) bond motifs is 1. The highest BCUT2D eigenvalue weighted by Gasteiger charge is 2.51. The SMILES string of the molecule is C=CC(=O)Nc1cccc(-n2c(=O)cc(C)c3cnc(Nc4ccc(N5CCN(CCOCCOCCOCCNC(=O)CC67CC8CC(CC(C8)C6)C7)CC5)cc4OC)nc32)c1. The average molecular weight is 863 g/mol. The molecule has 2 aromatic heterocycles. The van der Waals surface area contributed by atoms with Gasteiger partial charge in [0.15, 0.2) is 5.65 Å². The number of methoxy groups -OCH3 is 1. The minimum atomic E-state index is -0.349. The van der Waals surface area contributed by atoms with E-state index in [1.165, 1.54) is 49.2 Å². The van der Waals surface area contributed by atoms with Crippen LogP contribution in [0.1, 0.15) is 50.5 Å². The number of aromatic nitrogens is 3. The van der Waals surface area contributed by atoms with Gasteiger partial charge in [0.05, 0.1) is 58.1 Å². The van der Waals surface area contributed by atoms with E-state index in [4.69, 9.17) is 23.9 Å². The van der Waals surface area contributed by atoms with Crippen LogP contribution < -0.4 is 31.1 Å². The van der Waals surface area contributed by atoms with E-state index >= 15 is 0 Å². The number of hydrogen-bond acceptors (Lipinski definition) is 12. The first kappa shape index (κ1) is 44.3. The summed E-state index contributed by atoms with van der Waals surface area (Å²) in [5.41, 5.74) is 4.01. The summed E-state index contributed by atoms with van der Waals surface area (Å²) in [7, 11) is 1.63. The second kappa shape index (κ2) is 20.4. The van der Waals surface area contributed by atoms with Gasteiger partial charge < -0.3 is 39.8 Å². The lowest BCUT2D eigenvalue weighted by atomic mass is 9.49. The summed E-state index contributed by atoms with van der Waals surface area (Å²) < 4.78 is 24.6. The van der Waals surface area contributed by atoms with Gasteiger partial charge in [-0.3, -0.25) is 23.9 Å². The minimum absolute atomic E-state index is 0.192. The van der Waals surface area contributed by atoms with Crippen LogP contribution in [0, 0.1) is 30.1 Å². The van der Waals surface area contributed by atoms with Crippen molar-refractivity contribution in [1.29, 1.82) is 0 Å². The van der Waals surface area contributed by atoms with Crippen molar-refractivity contribution in [3.05, 3.63) is 83.3 Å². The van der Waals surface area contributed by atoms with E-state index in [9.17, 15) is 14.4 Å². The molecule has 5 aliphatic rings. The van der Waals surface area contributed by atoms with E-state index in [2.05, 4.69) is 43.4 Å². The van der Waals surface area contributed by atoms with Crippen molar-refractivity contribution >= 4 is 45.9 Å². The fourth-order valence-corrected chi connectivity index (χ4v) is 10.7. The van der Waals surface area contributed by atoms with Gasteiger partial charge in [0.25, 0.3) is 5.56 Å². The molecular weight excluding hydrogens is 801 g/mol. The Bertz CT molecular complexity index is 2270. The smallest absolute Gasteiger partial charge is 0.257 e. The summed E-state index contributed by atoms with van der Waals surface area (Å²) in [6.07, 6.45) is 11.6. The van der Waals surface area contributed by atoms with Crippen molar-refractivity contribution in [3.63, 3.8) is 0 Å². The third-order valence-corrected chi connectivity index (χ3v) is 13.3. The number of benzene rings is 2. The highest BCUT2D eigenvalue weighted by Crippen LogP contribution is 2.61. The molecule has 4 aromatic rings. The number of ether oxygens (including phenoxy) is 4. The number of aryl methyl sites for hydroxylation is 1. The summed E-state index contributed by atoms with van der Waals surface area (Å²) in [6, 6.07) is 14.6. The normalized spacial score (nSPS) is 21.7. The number of nitrogens with one attached hydrogen (secondary N) is 3. The van der Waals surface area contributed by atoms with Crippen LogP contribution in [0.15, 0.2) is 72.2 Å². The zero-order valence-electron chi connectivity index (χ0n) is 36.7. The fraction of sp³-hybridized carbons (Fsp3) is 0.521. The summed E-state index contributed by atoms with van der Waals surface area (Å²) in [5.74, 6) is 3.38. The van der Waals surface area contributed by atoms with E-state index in [1.54, 1.807) is 43.6 Å². The van der Waals surface area contributed by atoms with Crippen LogP contribution in [0.5, 0.6) is 5.75 Å². The average Bonchev–Trinajstić information content (AvgIpc) is 3.26. The van der Waals surface area contributed by atoms with Crippen LogP contribution in [0.3, 0.4) is 0 Å². The molecule has 4 bridgehead atoms. The number of pyridine rings is 1. The second-order valence-electron chi connectivity index (χ2n) is 17.8. The predicted molar refractivity (Wildman–Crippen MR) is 244 cm³/mol. The van der Waals surface area contributed by atoms with Gasteiger partial charge in [-0.2, -0.15) is 4.98 Å². The summed E-state index contributed by atoms with van der Waals surface area (Å²) >= 11 is 0. The largest absolute Gasteiger partial charge is 0.494 e. The molecule has 0 radical (unpaired) electrons. The lowest BCUT2D eigenvalue weighted by molar-refractivity contribution is -0.129. The Balaban J connectivity index is 0.724. The highest BCUT2D eigenvalue weighted by molar-refractivity contribution is 5.99. The molecule has 2 aromatic carbocycles. The number of nitrogens with zero attached hydrogens (tertiary/aromatic N) is 5. The maximum Gasteiger partial charge on any atom is 0.257 e. The molecule has 5 fully saturated rings. The quantitative estimate of drug-likeness (QED) is 0.0678. The number of anilines is 4. The van der Waals surface area contributed by atoms with Gasteiger partial charge in [-0.1, -0.05) is 12.6 Å². The first-order valence-electron chi connectivity index (χ1n) is 22.5. The maximum absolute atomic E-state index is 13.4. The third kappa shape index (κ3) is 11.1. The zero-order chi connectivity index (χ0) is 43.8. The van der Waals surface area contributed by atoms with E-state index in [-0.39, 0.29) is 22.8 Å². The molecule has 3 heterocycles. The lowest BCUT2D eigenvalue weighted by Gasteiger charge is -2.56. The Kier molecular flexibility index (Phi) is 14.4. The number of carbonyl (C=O) groups is 2. The summed E-state index contributed by atoms with van der Waals surface area (Å²) in [4.78, 5) is 52.1. The molecule has 4 aliphatic carbocycles. The van der Waals surface area contributed by atoms with E-state index < -0.39 is 0 Å². The van der Waals surface area contributed by atoms with E-state index in [0.29, 0.717) is 87.0 Å². The second-order valence-corrected chi connectivity index (χ2v) is 17.8. The fourth-order valence-electron chi connectivity index (χ4n) is 10.7. The molecule has 1 saturated heterocycles. The van der Waals surface area contributed by atoms with Crippen LogP contribution >= 0.6 is 0 Å². The molecule has 15 heteroatoms. The van der Waals surface area contributed by atoms with Crippen molar-refractivity contribution in [2.45, 2.75) is 51.9 Å². The lowest BCUT2D eigenvalue weighted by Crippen LogP contribution is -2.48. The Labute approximate surface area is 369 Å². The topological polar surface area (TPSA) is 161 Å². The van der Waals surface area contributed by atoms with E-state index in [0.717, 1.165) is 67.1 Å². The number of hydrogen-bond donors (Lipinski definition) is 3. The molecular formula is C48H62N8O7. The van der Waals surface area contributed by atoms with Crippen molar-refractivity contribution < 1.29 is 28.5 Å². The number of piperazine rings is 1. The molecule has 0 atom stereocenters. The van der Waals surface area contributed by atoms with Crippen LogP contribution in [-0.4, -0.2) is 117 Å². The maximum atomic E-state index is 13.4. The standard InChI is InChI=1S/C48H62N8O7/c1-4-43(57)51-37-6-5-7-39(26-37)56-45(59)22-33(2)40-32-50-47(53-46(40)56)52-41-9-8-38(27-42(41)60-3)55-13-11-54(12-14-55)15-17-62-19-21-63-20-18-61-16-10-49-44(58)31-48-28-34-23-35(29-48)25-36(24-34)30-48/h4-9,22,26-27,32,34-36H,1,10-21,23-25,28-31H2,2-3H3,(H,49,58)(H,51,57)(H,50,52,53). The van der Waals surface area contributed by atoms with Crippen LogP contribution in [0.2, 0.25) is 0 Å². The highest BCUT2D eigenvalue weighted by atomic mass is 16.5. The summed E-state index contributed by atoms with van der Waals surface area (Å²) in [5, 5.41) is 9.85. The van der Waals surface area contributed by atoms with Gasteiger partial charge in [0, 0.05) is 80.8 Å². The van der Waals surface area contributed by atoms with Crippen LogP contribution in [0.4, 0.5) is 23.0 Å². The predicted octanol–water partition coefficient (Wildman–Crippen LogP) is 5.86. The van der Waals surface area contributed by atoms with Gasteiger partial charge >= 0.3 is 0 Å². The van der Waals surface area contributed by atoms with Gasteiger partial charge in [-0.05, 0) is 111 Å². The molecule has 4 saturated carbocycles. The van der Waals surface area contributed by atoms with Crippen molar-refractivity contribution in [2.24, 2.45) is 23.2 Å². The molecule has 2 amide bonds. The van der Waals surface area contributed by atoms with Crippen molar-refractivity contribution in [1.82, 2.24) is 24.8 Å². The Morgan fingerprint density at radius 3 is 2.27 bits per heavy atom. The van der Waals surface area contributed by atoms with Gasteiger partial charge in [-0.25, -0.2) is 4.98 Å². The number of amides is 2. The molecule has 0 unspecified atom stereocenters. The van der Waals surface area contributed by atoms with Crippen molar-refractivity contribution in [2.75, 3.05) is 102 Å². The summed E-state index contributed by atoms with van der Waals surface area (Å²) in [6.45, 7) is 13.5. The molecule has 63 heavy (non-hydrogen) atoms. The zero-order valence-corrected chi connectivity index (χ0v) is 36.7. The van der Waals surface area contributed by atoms with Gasteiger partial charge in [0.1, 0.15) is 5.75 Å². The third-order valence-electron chi connectivity index (χ3n) is 13.3. The van der Waals surface area contributed by atoms with Crippen molar-refractivity contribution in [3.8, 4) is 11.4 Å². The van der Waals surface area contributed by atoms with Crippen LogP contribution in [-0.2, 0) is 23.8 Å². The Morgan fingerprint density at radius 1 is 0.873 bits per heavy atom. The molecule has 1 aliphatic heterocycles. The van der Waals surface area contributed by atoms with E-state index in [1.807, 2.05) is 19.1 Å². The molecule has 9 rings (SSSR count). The molecule has 0 spiro atoms. The Morgan fingerprint density at radius 2 is 1.57 bits per heavy atom. The van der Waals surface area contributed by atoms with Gasteiger partial charge in [0.2, 0.25) is 17.8 Å².